The molecule has 2 aromatic carbocycles. The lowest BCUT2D eigenvalue weighted by molar-refractivity contribution is 0.102. The summed E-state index contributed by atoms with van der Waals surface area (Å²) in [4.78, 5) is 12.4. The molecule has 122 valence electrons. The second-order valence-electron chi connectivity index (χ2n) is 4.54. The maximum Gasteiger partial charge on any atom is 0.256 e. The van der Waals surface area contributed by atoms with E-state index >= 15 is 0 Å². The van der Waals surface area contributed by atoms with Crippen molar-refractivity contribution in [3.8, 4) is 5.75 Å². The van der Waals surface area contributed by atoms with Crippen LogP contribution in [0.5, 0.6) is 5.75 Å². The van der Waals surface area contributed by atoms with E-state index in [1.807, 2.05) is 0 Å². The minimum atomic E-state index is -0.431. The number of nitrogens with one attached hydrogen (secondary N) is 1. The minimum Gasteiger partial charge on any atom is -0.487 e. The first-order valence-electron chi connectivity index (χ1n) is 6.69. The Hall–Kier alpha value is -1.63. The third-order valence-corrected chi connectivity index (χ3v) is 3.88. The SMILES string of the molecule is COCCOc1c(Cl)cccc1NC(=O)c1ccc(F)cc1Br. The first-order valence-corrected chi connectivity index (χ1v) is 7.86. The second-order valence-corrected chi connectivity index (χ2v) is 5.80. The van der Waals surface area contributed by atoms with Crippen molar-refractivity contribution in [3.05, 3.63) is 57.3 Å². The van der Waals surface area contributed by atoms with Crippen LogP contribution in [0.3, 0.4) is 0 Å². The molecule has 0 unspecified atom stereocenters. The third-order valence-electron chi connectivity index (χ3n) is 2.92. The molecular weight excluding hydrogens is 389 g/mol. The molecule has 1 amide bonds. The molecule has 2 aromatic rings. The fourth-order valence-electron chi connectivity index (χ4n) is 1.84. The number of ether oxygens (including phenoxy) is 2. The van der Waals surface area contributed by atoms with Gasteiger partial charge < -0.3 is 14.8 Å². The molecule has 0 atom stereocenters. The zero-order valence-corrected chi connectivity index (χ0v) is 14.6. The Bertz CT molecular complexity index is 712. The van der Waals surface area contributed by atoms with Crippen LogP contribution in [-0.2, 0) is 4.74 Å². The van der Waals surface area contributed by atoms with E-state index in [9.17, 15) is 9.18 Å². The summed E-state index contributed by atoms with van der Waals surface area (Å²) in [6, 6.07) is 8.86. The maximum absolute atomic E-state index is 13.1. The fraction of sp³-hybridized carbons (Fsp3) is 0.188. The quantitative estimate of drug-likeness (QED) is 0.723. The van der Waals surface area contributed by atoms with Crippen LogP contribution in [0.4, 0.5) is 10.1 Å². The van der Waals surface area contributed by atoms with Crippen LogP contribution < -0.4 is 10.1 Å². The molecule has 1 N–H and O–H groups in total. The topological polar surface area (TPSA) is 47.6 Å². The number of carbonyl (C=O) groups is 1. The molecule has 0 saturated heterocycles. The van der Waals surface area contributed by atoms with Crippen LogP contribution in [0.1, 0.15) is 10.4 Å². The van der Waals surface area contributed by atoms with E-state index in [1.165, 1.54) is 18.2 Å². The summed E-state index contributed by atoms with van der Waals surface area (Å²) in [5, 5.41) is 3.09. The number of methoxy groups -OCH3 is 1. The van der Waals surface area contributed by atoms with Crippen LogP contribution in [0.25, 0.3) is 0 Å². The van der Waals surface area contributed by atoms with Gasteiger partial charge in [-0.3, -0.25) is 4.79 Å². The van der Waals surface area contributed by atoms with Crippen molar-refractivity contribution < 1.29 is 18.7 Å². The van der Waals surface area contributed by atoms with Gasteiger partial charge in [-0.25, -0.2) is 4.39 Å². The van der Waals surface area contributed by atoms with Gasteiger partial charge in [0.1, 0.15) is 12.4 Å². The summed E-state index contributed by atoms with van der Waals surface area (Å²) >= 11 is 9.28. The molecule has 2 rings (SSSR count). The van der Waals surface area contributed by atoms with Crippen molar-refractivity contribution in [3.63, 3.8) is 0 Å². The van der Waals surface area contributed by atoms with Gasteiger partial charge >= 0.3 is 0 Å². The summed E-state index contributed by atoms with van der Waals surface area (Å²) in [5.74, 6) is -0.478. The minimum absolute atomic E-state index is 0.295. The molecule has 0 heterocycles. The standard InChI is InChI=1S/C16H14BrClFNO3/c1-22-7-8-23-15-13(18)3-2-4-14(15)20-16(21)11-6-5-10(19)9-12(11)17/h2-6,9H,7-8H2,1H3,(H,20,21). The first kappa shape index (κ1) is 17.7. The van der Waals surface area contributed by atoms with E-state index in [0.29, 0.717) is 39.7 Å². The van der Waals surface area contributed by atoms with Crippen LogP contribution in [0.15, 0.2) is 40.9 Å². The van der Waals surface area contributed by atoms with Gasteiger partial charge in [-0.2, -0.15) is 0 Å². The predicted octanol–water partition coefficient (Wildman–Crippen LogP) is 4.52. The van der Waals surface area contributed by atoms with Gasteiger partial charge in [-0.05, 0) is 46.3 Å². The van der Waals surface area contributed by atoms with E-state index < -0.39 is 11.7 Å². The Balaban J connectivity index is 2.21. The van der Waals surface area contributed by atoms with Gasteiger partial charge in [0.25, 0.3) is 5.91 Å². The summed E-state index contributed by atoms with van der Waals surface area (Å²) in [6.07, 6.45) is 0. The smallest absolute Gasteiger partial charge is 0.256 e. The summed E-state index contributed by atoms with van der Waals surface area (Å²) in [6.45, 7) is 0.686. The molecule has 0 fully saturated rings. The normalized spacial score (nSPS) is 10.4. The monoisotopic (exact) mass is 401 g/mol. The van der Waals surface area contributed by atoms with E-state index in [4.69, 9.17) is 21.1 Å². The highest BCUT2D eigenvalue weighted by Crippen LogP contribution is 2.33. The molecule has 23 heavy (non-hydrogen) atoms. The van der Waals surface area contributed by atoms with Crippen LogP contribution in [0.2, 0.25) is 5.02 Å². The van der Waals surface area contributed by atoms with Gasteiger partial charge in [-0.15, -0.1) is 0 Å². The van der Waals surface area contributed by atoms with Gasteiger partial charge in [-0.1, -0.05) is 17.7 Å². The molecular formula is C16H14BrClFNO3. The Labute approximate surface area is 146 Å². The van der Waals surface area contributed by atoms with E-state index in [0.717, 1.165) is 0 Å². The van der Waals surface area contributed by atoms with Crippen molar-refractivity contribution >= 4 is 39.1 Å². The molecule has 4 nitrogen and oxygen atoms in total. The van der Waals surface area contributed by atoms with Crippen molar-refractivity contribution in [2.24, 2.45) is 0 Å². The number of hydrogen-bond donors (Lipinski definition) is 1. The second kappa shape index (κ2) is 8.29. The number of carbonyl (C=O) groups excluding carboxylic acids is 1. The third kappa shape index (κ3) is 4.67. The Kier molecular flexibility index (Phi) is 6.38. The molecule has 7 heteroatoms. The number of halogens is 3. The summed E-state index contributed by atoms with van der Waals surface area (Å²) in [5.41, 5.74) is 0.726. The maximum atomic E-state index is 13.1. The van der Waals surface area contributed by atoms with Gasteiger partial charge in [0.15, 0.2) is 5.75 Å². The predicted molar refractivity (Wildman–Crippen MR) is 90.9 cm³/mol. The highest BCUT2D eigenvalue weighted by Gasteiger charge is 2.15. The van der Waals surface area contributed by atoms with Crippen LogP contribution in [-0.4, -0.2) is 26.2 Å². The molecule has 0 saturated carbocycles. The number of hydrogen-bond acceptors (Lipinski definition) is 3. The molecule has 0 aromatic heterocycles. The molecule has 0 radical (unpaired) electrons. The number of rotatable bonds is 6. The van der Waals surface area contributed by atoms with Gasteiger partial charge in [0, 0.05) is 11.6 Å². The molecule has 0 spiro atoms. The Morgan fingerprint density at radius 2 is 2.09 bits per heavy atom. The largest absolute Gasteiger partial charge is 0.487 e. The lowest BCUT2D eigenvalue weighted by Gasteiger charge is -2.14. The van der Waals surface area contributed by atoms with Crippen LogP contribution in [0, 0.1) is 5.82 Å². The van der Waals surface area contributed by atoms with E-state index in [1.54, 1.807) is 25.3 Å². The number of para-hydroxylation sites is 1. The average molecular weight is 403 g/mol. The zero-order valence-electron chi connectivity index (χ0n) is 12.2. The number of amides is 1. The highest BCUT2D eigenvalue weighted by atomic mass is 79.9. The highest BCUT2D eigenvalue weighted by molar-refractivity contribution is 9.10. The Morgan fingerprint density at radius 1 is 1.30 bits per heavy atom. The van der Waals surface area contributed by atoms with Crippen molar-refractivity contribution in [2.45, 2.75) is 0 Å². The fourth-order valence-corrected chi connectivity index (χ4v) is 2.60. The zero-order chi connectivity index (χ0) is 16.8. The van der Waals surface area contributed by atoms with Crippen molar-refractivity contribution in [2.75, 3.05) is 25.6 Å². The first-order chi connectivity index (χ1) is 11.0. The van der Waals surface area contributed by atoms with Crippen molar-refractivity contribution in [1.82, 2.24) is 0 Å². The molecule has 0 aliphatic rings. The number of benzene rings is 2. The van der Waals surface area contributed by atoms with Gasteiger partial charge in [0.05, 0.1) is 22.9 Å². The van der Waals surface area contributed by atoms with E-state index in [-0.39, 0.29) is 0 Å². The van der Waals surface area contributed by atoms with Crippen molar-refractivity contribution in [1.29, 1.82) is 0 Å². The van der Waals surface area contributed by atoms with E-state index in [2.05, 4.69) is 21.2 Å². The van der Waals surface area contributed by atoms with Gasteiger partial charge in [0.2, 0.25) is 0 Å². The average Bonchev–Trinajstić information content (AvgIpc) is 2.50. The lowest BCUT2D eigenvalue weighted by Crippen LogP contribution is -2.14. The lowest BCUT2D eigenvalue weighted by atomic mass is 10.2. The Morgan fingerprint density at radius 3 is 2.78 bits per heavy atom. The summed E-state index contributed by atoms with van der Waals surface area (Å²) in [7, 11) is 1.56. The summed E-state index contributed by atoms with van der Waals surface area (Å²) < 4.78 is 24.0. The molecule has 0 aliphatic heterocycles. The molecule has 0 aliphatic carbocycles. The number of anilines is 1. The van der Waals surface area contributed by atoms with Crippen LogP contribution >= 0.6 is 27.5 Å². The molecule has 0 bridgehead atoms.